The van der Waals surface area contributed by atoms with Gasteiger partial charge in [0, 0.05) is 0 Å². The van der Waals surface area contributed by atoms with Crippen molar-refractivity contribution in [3.8, 4) is 0 Å². The molecule has 0 nitrogen and oxygen atoms in total. The average Bonchev–Trinajstić information content (AvgIpc) is 3.53. The second-order valence-corrected chi connectivity index (χ2v) is 10.3. The summed E-state index contributed by atoms with van der Waals surface area (Å²) in [6.45, 7) is 12.2. The molecule has 26 heavy (non-hydrogen) atoms. The molecule has 0 aliphatic heterocycles. The molecule has 2 saturated carbocycles. The summed E-state index contributed by atoms with van der Waals surface area (Å²) >= 11 is 0. The number of hydrogen-bond donors (Lipinski definition) is 0. The molecule has 152 valence electrons. The first kappa shape index (κ1) is 22.0. The van der Waals surface area contributed by atoms with E-state index in [9.17, 15) is 0 Å². The van der Waals surface area contributed by atoms with Gasteiger partial charge in [-0.3, -0.25) is 0 Å². The monoisotopic (exact) mass is 360 g/mol. The van der Waals surface area contributed by atoms with Crippen LogP contribution in [0.4, 0.5) is 0 Å². The van der Waals surface area contributed by atoms with Crippen LogP contribution in [0.15, 0.2) is 12.2 Å². The largest absolute Gasteiger partial charge is 0.0882 e. The third-order valence-electron chi connectivity index (χ3n) is 7.64. The predicted octanol–water partition coefficient (Wildman–Crippen LogP) is 8.81. The molecule has 0 spiro atoms. The van der Waals surface area contributed by atoms with E-state index in [-0.39, 0.29) is 0 Å². The maximum atomic E-state index is 2.56. The van der Waals surface area contributed by atoms with Crippen molar-refractivity contribution in [2.75, 3.05) is 0 Å². The number of hydrogen-bond acceptors (Lipinski definition) is 0. The topological polar surface area (TPSA) is 0 Å². The first-order chi connectivity index (χ1) is 12.5. The van der Waals surface area contributed by atoms with Gasteiger partial charge in [0.1, 0.15) is 0 Å². The van der Waals surface area contributed by atoms with Crippen LogP contribution in [0, 0.1) is 35.0 Å². The zero-order valence-corrected chi connectivity index (χ0v) is 18.7. The van der Waals surface area contributed by atoms with E-state index in [1.807, 2.05) is 0 Å². The third kappa shape index (κ3) is 7.05. The minimum atomic E-state index is 0.663. The fourth-order valence-corrected chi connectivity index (χ4v) is 5.40. The van der Waals surface area contributed by atoms with Crippen LogP contribution < -0.4 is 0 Å². The lowest BCUT2D eigenvalue weighted by Crippen LogP contribution is -2.14. The van der Waals surface area contributed by atoms with Crippen molar-refractivity contribution in [3.63, 3.8) is 0 Å². The molecule has 2 rings (SSSR count). The third-order valence-corrected chi connectivity index (χ3v) is 7.64. The van der Waals surface area contributed by atoms with Gasteiger partial charge in [-0.2, -0.15) is 0 Å². The summed E-state index contributed by atoms with van der Waals surface area (Å²) in [6.07, 6.45) is 23.8. The van der Waals surface area contributed by atoms with Gasteiger partial charge in [-0.05, 0) is 67.1 Å². The quantitative estimate of drug-likeness (QED) is 0.202. The second kappa shape index (κ2) is 10.9. The van der Waals surface area contributed by atoms with E-state index < -0.39 is 0 Å². The predicted molar refractivity (Wildman–Crippen MR) is 117 cm³/mol. The van der Waals surface area contributed by atoms with Gasteiger partial charge in [0.25, 0.3) is 0 Å². The molecular formula is C26H48. The molecule has 5 atom stereocenters. The Morgan fingerprint density at radius 2 is 1.69 bits per heavy atom. The average molecular weight is 361 g/mol. The fraction of sp³-hybridized carbons (Fsp3) is 0.923. The zero-order valence-electron chi connectivity index (χ0n) is 18.7. The van der Waals surface area contributed by atoms with Crippen LogP contribution in [0.1, 0.15) is 118 Å². The van der Waals surface area contributed by atoms with E-state index >= 15 is 0 Å². The zero-order chi connectivity index (χ0) is 19.0. The molecule has 0 heterocycles. The van der Waals surface area contributed by atoms with Gasteiger partial charge in [-0.25, -0.2) is 0 Å². The van der Waals surface area contributed by atoms with Gasteiger partial charge in [-0.15, -0.1) is 0 Å². The smallest absolute Gasteiger partial charge is 0.0203 e. The van der Waals surface area contributed by atoms with E-state index in [2.05, 4.69) is 46.8 Å². The molecule has 0 radical (unpaired) electrons. The van der Waals surface area contributed by atoms with E-state index in [0.29, 0.717) is 5.41 Å². The molecule has 0 saturated heterocycles. The van der Waals surface area contributed by atoms with Crippen molar-refractivity contribution in [2.45, 2.75) is 118 Å². The summed E-state index contributed by atoms with van der Waals surface area (Å²) in [5.41, 5.74) is 0.663. The van der Waals surface area contributed by atoms with Gasteiger partial charge >= 0.3 is 0 Å². The van der Waals surface area contributed by atoms with E-state index in [1.54, 1.807) is 0 Å². The minimum Gasteiger partial charge on any atom is -0.0882 e. The molecular weight excluding hydrogens is 312 g/mol. The Labute approximate surface area is 165 Å². The summed E-state index contributed by atoms with van der Waals surface area (Å²) in [6, 6.07) is 0. The highest BCUT2D eigenvalue weighted by molar-refractivity contribution is 5.10. The van der Waals surface area contributed by atoms with Crippen molar-refractivity contribution >= 4 is 0 Å². The summed E-state index contributed by atoms with van der Waals surface area (Å²) in [7, 11) is 0. The highest BCUT2D eigenvalue weighted by Crippen LogP contribution is 2.63. The van der Waals surface area contributed by atoms with Gasteiger partial charge in [0.2, 0.25) is 0 Å². The molecule has 5 unspecified atom stereocenters. The standard InChI is InChI=1S/C26H48/c1-6-8-9-10-11-23(5)26(18-7-2)20-25(26)17-14-21(3)12-13-22(4)19-24-15-16-24/h10-11,21-25H,6-9,12-20H2,1-5H3. The van der Waals surface area contributed by atoms with Crippen LogP contribution in [-0.2, 0) is 0 Å². The Balaban J connectivity index is 1.68. The Bertz CT molecular complexity index is 404. The summed E-state index contributed by atoms with van der Waals surface area (Å²) in [5.74, 6) is 4.82. The lowest BCUT2D eigenvalue weighted by Gasteiger charge is -2.23. The molecule has 0 aromatic rings. The van der Waals surface area contributed by atoms with Gasteiger partial charge < -0.3 is 0 Å². The molecule has 0 bridgehead atoms. The normalized spacial score (nSPS) is 29.0. The van der Waals surface area contributed by atoms with E-state index in [0.717, 1.165) is 29.6 Å². The molecule has 0 aromatic heterocycles. The maximum Gasteiger partial charge on any atom is -0.0203 e. The van der Waals surface area contributed by atoms with Crippen LogP contribution in [0.25, 0.3) is 0 Å². The fourth-order valence-electron chi connectivity index (χ4n) is 5.40. The molecule has 0 amide bonds. The SMILES string of the molecule is CCCCC=CC(C)C1(CCC)CC1CCC(C)CCC(C)CC1CC1. The van der Waals surface area contributed by atoms with Crippen LogP contribution in [-0.4, -0.2) is 0 Å². The first-order valence-electron chi connectivity index (χ1n) is 12.2. The van der Waals surface area contributed by atoms with Crippen molar-refractivity contribution in [1.82, 2.24) is 0 Å². The molecule has 2 aliphatic carbocycles. The van der Waals surface area contributed by atoms with E-state index in [1.165, 1.54) is 83.5 Å². The maximum absolute atomic E-state index is 2.56. The first-order valence-corrected chi connectivity index (χ1v) is 12.2. The van der Waals surface area contributed by atoms with Crippen LogP contribution >= 0.6 is 0 Å². The van der Waals surface area contributed by atoms with Gasteiger partial charge in [0.05, 0.1) is 0 Å². The van der Waals surface area contributed by atoms with Crippen LogP contribution in [0.5, 0.6) is 0 Å². The molecule has 0 heteroatoms. The number of rotatable bonds is 15. The lowest BCUT2D eigenvalue weighted by molar-refractivity contribution is 0.303. The summed E-state index contributed by atoms with van der Waals surface area (Å²) in [4.78, 5) is 0. The van der Waals surface area contributed by atoms with Crippen molar-refractivity contribution in [3.05, 3.63) is 12.2 Å². The Kier molecular flexibility index (Phi) is 9.25. The Morgan fingerprint density at radius 3 is 2.35 bits per heavy atom. The second-order valence-electron chi connectivity index (χ2n) is 10.3. The highest BCUT2D eigenvalue weighted by Gasteiger charge is 2.54. The van der Waals surface area contributed by atoms with Gasteiger partial charge in [0.15, 0.2) is 0 Å². The highest BCUT2D eigenvalue weighted by atomic mass is 14.6. The van der Waals surface area contributed by atoms with Crippen molar-refractivity contribution in [1.29, 1.82) is 0 Å². The van der Waals surface area contributed by atoms with Crippen LogP contribution in [0.3, 0.4) is 0 Å². The molecule has 0 aromatic carbocycles. The van der Waals surface area contributed by atoms with Crippen molar-refractivity contribution in [2.24, 2.45) is 35.0 Å². The molecule has 2 fully saturated rings. The lowest BCUT2D eigenvalue weighted by atomic mass is 9.82. The van der Waals surface area contributed by atoms with E-state index in [4.69, 9.17) is 0 Å². The van der Waals surface area contributed by atoms with Crippen molar-refractivity contribution < 1.29 is 0 Å². The van der Waals surface area contributed by atoms with Crippen LogP contribution in [0.2, 0.25) is 0 Å². The molecule has 2 aliphatic rings. The summed E-state index contributed by atoms with van der Waals surface area (Å²) < 4.78 is 0. The number of unbranched alkanes of at least 4 members (excludes halogenated alkanes) is 2. The minimum absolute atomic E-state index is 0.663. The number of allylic oxidation sites excluding steroid dienone is 2. The Morgan fingerprint density at radius 1 is 0.962 bits per heavy atom. The molecule has 0 N–H and O–H groups in total. The van der Waals surface area contributed by atoms with Gasteiger partial charge in [-0.1, -0.05) is 98.1 Å². The Hall–Kier alpha value is -0.260. The summed E-state index contributed by atoms with van der Waals surface area (Å²) in [5, 5.41) is 0.